The van der Waals surface area contributed by atoms with Crippen LogP contribution in [0.5, 0.6) is 0 Å². The summed E-state index contributed by atoms with van der Waals surface area (Å²) in [5.41, 5.74) is -5.19. The predicted molar refractivity (Wildman–Crippen MR) is 327 cm³/mol. The Balaban J connectivity index is -0.0000000547. The van der Waals surface area contributed by atoms with Crippen molar-refractivity contribution in [3.8, 4) is 0 Å². The van der Waals surface area contributed by atoms with Gasteiger partial charge in [0.25, 0.3) is 0 Å². The number of rotatable bonds is 11. The van der Waals surface area contributed by atoms with E-state index in [2.05, 4.69) is 104 Å². The van der Waals surface area contributed by atoms with Crippen molar-refractivity contribution in [3.63, 3.8) is 0 Å². The molecule has 0 heterocycles. The zero-order chi connectivity index (χ0) is 74.0. The fourth-order valence-corrected chi connectivity index (χ4v) is 1.90. The van der Waals surface area contributed by atoms with E-state index in [-0.39, 0.29) is 38.5 Å². The van der Waals surface area contributed by atoms with Gasteiger partial charge in [-0.2, -0.15) is 79.0 Å². The molecule has 0 fully saturated rings. The second kappa shape index (κ2) is 70.5. The summed E-state index contributed by atoms with van der Waals surface area (Å²) in [6.07, 6.45) is -13.5. The summed E-state index contributed by atoms with van der Waals surface area (Å²) < 4.78 is 234. The van der Waals surface area contributed by atoms with Crippen molar-refractivity contribution < 1.29 is 84.5 Å². The minimum Gasteiger partial charge on any atom is -0.171 e. The molecule has 0 N–H and O–H groups in total. The van der Waals surface area contributed by atoms with Gasteiger partial charge >= 0.3 is 37.1 Å². The van der Waals surface area contributed by atoms with Crippen LogP contribution in [0.25, 0.3) is 0 Å². The third kappa shape index (κ3) is 159. The Morgan fingerprint density at radius 1 is 0.354 bits per heavy atom. The first-order chi connectivity index (χ1) is 37.3. The van der Waals surface area contributed by atoms with Crippen LogP contribution in [-0.4, -0.2) is 37.1 Å². The molecule has 0 amide bonds. The molecule has 0 aliphatic heterocycles. The summed E-state index contributed by atoms with van der Waals surface area (Å²) in [4.78, 5) is 0. The largest absolute Gasteiger partial charge is 0.402 e. The average Bonchev–Trinajstić information content (AvgIpc) is 3.24. The fourth-order valence-electron chi connectivity index (χ4n) is 1.90. The van der Waals surface area contributed by atoms with Gasteiger partial charge in [-0.15, -0.1) is 0 Å². The third-order valence-corrected chi connectivity index (χ3v) is 8.40. The maximum atomic E-state index is 11.6. The Morgan fingerprint density at radius 2 is 0.585 bits per heavy atom. The molecule has 0 spiro atoms. The minimum absolute atomic E-state index is 0.104. The molecule has 0 saturated carbocycles. The summed E-state index contributed by atoms with van der Waals surface area (Å²) >= 11 is 0. The van der Waals surface area contributed by atoms with Gasteiger partial charge in [0.15, 0.2) is 5.41 Å². The molecule has 520 valence electrons. The lowest BCUT2D eigenvalue weighted by molar-refractivity contribution is -0.327. The molecule has 0 aromatic rings. The molecular formula is C64H138F18. The Morgan fingerprint density at radius 3 is 0.622 bits per heavy atom. The molecule has 0 aliphatic carbocycles. The van der Waals surface area contributed by atoms with Gasteiger partial charge in [-0.25, -0.2) is 0 Å². The van der Waals surface area contributed by atoms with E-state index in [1.165, 1.54) is 71.6 Å². The van der Waals surface area contributed by atoms with E-state index in [4.69, 9.17) is 5.48 Å². The normalized spacial score (nSPS) is 12.7. The molecular weight excluding hydrogens is 1110 g/mol. The van der Waals surface area contributed by atoms with Crippen molar-refractivity contribution in [1.29, 1.82) is 0 Å². The van der Waals surface area contributed by atoms with Crippen molar-refractivity contribution in [2.24, 2.45) is 52.2 Å². The molecule has 0 aromatic carbocycles. The van der Waals surface area contributed by atoms with E-state index in [1.807, 2.05) is 55.4 Å². The van der Waals surface area contributed by atoms with Crippen LogP contribution in [0.2, 0.25) is 0 Å². The predicted octanol–water partition coefficient (Wildman–Crippen LogP) is 30.4. The van der Waals surface area contributed by atoms with Crippen LogP contribution in [-0.2, 0) is 0 Å². The van der Waals surface area contributed by atoms with E-state index >= 15 is 0 Å². The molecule has 82 heavy (non-hydrogen) atoms. The van der Waals surface area contributed by atoms with Crippen LogP contribution in [0.1, 0.15) is 337 Å². The highest BCUT2D eigenvalue weighted by Gasteiger charge is 2.64. The highest BCUT2D eigenvalue weighted by atomic mass is 19.4. The molecule has 0 rings (SSSR count). The van der Waals surface area contributed by atoms with Crippen LogP contribution in [0.4, 0.5) is 79.0 Å². The topological polar surface area (TPSA) is 0 Å². The minimum atomic E-state index is -5.24. The molecule has 0 saturated heterocycles. The zero-order valence-corrected chi connectivity index (χ0v) is 58.8. The van der Waals surface area contributed by atoms with E-state index in [9.17, 15) is 79.0 Å². The number of alkyl halides is 18. The highest BCUT2D eigenvalue weighted by Crippen LogP contribution is 2.49. The van der Waals surface area contributed by atoms with Crippen LogP contribution in [0, 0.1) is 52.2 Å². The Hall–Kier alpha value is -1.26. The lowest BCUT2D eigenvalue weighted by atomic mass is 9.92. The Labute approximate surface area is 503 Å². The van der Waals surface area contributed by atoms with Gasteiger partial charge in [0, 0.05) is 17.8 Å². The standard InChI is InChI=1S/C6H11F3.C6H14.C5H6F6.2C5H9F3.2C5H12.C4H7F3.5C4H10.C3H8/c1-2-3-4-5-6(7,8)9;1-4-5-6(2)3;1-3(2,4(6,7)8)5(9,10)11;1-4(2,3)5(6,7)8;1-3-4(2)5(6,7)8;1-4-5(2)3;1-3-5-4-2;1-3(2)4(5,6)7;3*1-4(2)3;2*1-3-4-2;1-3-2/h2-5H2,1H3;6H,4-5H2,1-3H3;1-2H3;1-3H3;4H,3H2,1-2H3;5H,4H2,1-3H3;3-5H2,1-2H3;3H,1-2H3;3*4H,1-3H3;2*3-4H2,1-2H3;3H2,1-2H3/i;;;;;;;;2*4D;;3D2;;. The van der Waals surface area contributed by atoms with Crippen molar-refractivity contribution >= 4 is 0 Å². The molecule has 0 bridgehead atoms. The van der Waals surface area contributed by atoms with Crippen molar-refractivity contribution in [2.75, 3.05) is 0 Å². The first-order valence-electron chi connectivity index (χ1n) is 31.7. The SMILES string of the molecule is CC(C)(C(F)(F)F)C(F)(F)F.CC(C)(C)C(F)(F)F.CC(C)C.CC(C)C(F)(F)F.CCC.CCC(C)C.CCC(C)C(F)(F)F.CCCC.CCCC(C)C.CCCCC.CCCCCC(F)(F)F.[2H]C(C)(C)C.[2H]C(C)(C)C.[2H]C([2H])(C)CC. The van der Waals surface area contributed by atoms with Gasteiger partial charge in [-0.1, -0.05) is 298 Å². The van der Waals surface area contributed by atoms with Crippen LogP contribution >= 0.6 is 0 Å². The smallest absolute Gasteiger partial charge is 0.171 e. The molecule has 0 aromatic heterocycles. The molecule has 1 unspecified atom stereocenters. The monoisotopic (exact) mass is 1250 g/mol. The number of hydrogen-bond acceptors (Lipinski definition) is 0. The first-order valence-corrected chi connectivity index (χ1v) is 29.7. The summed E-state index contributed by atoms with van der Waals surface area (Å²) in [5.74, 6) is -0.236. The second-order valence-electron chi connectivity index (χ2n) is 23.5. The number of unbranched alkanes of at least 4 members (excludes halogenated alkanes) is 5. The van der Waals surface area contributed by atoms with Crippen LogP contribution < -0.4 is 0 Å². The van der Waals surface area contributed by atoms with Gasteiger partial charge < -0.3 is 0 Å². The summed E-state index contributed by atoms with van der Waals surface area (Å²) in [5, 5.41) is 0. The Kier molecular flexibility index (Phi) is 88.2. The van der Waals surface area contributed by atoms with Crippen molar-refractivity contribution in [3.05, 3.63) is 0 Å². The lowest BCUT2D eigenvalue weighted by Crippen LogP contribution is -2.44. The quantitative estimate of drug-likeness (QED) is 0.143. The summed E-state index contributed by atoms with van der Waals surface area (Å²) in [6.45, 7) is 57.9. The molecule has 18 heteroatoms. The Bertz CT molecular complexity index is 1180. The van der Waals surface area contributed by atoms with Gasteiger partial charge in [-0.3, -0.25) is 0 Å². The second-order valence-corrected chi connectivity index (χ2v) is 23.5. The van der Waals surface area contributed by atoms with Crippen molar-refractivity contribution in [1.82, 2.24) is 0 Å². The van der Waals surface area contributed by atoms with E-state index in [0.29, 0.717) is 12.8 Å². The summed E-state index contributed by atoms with van der Waals surface area (Å²) in [6, 6.07) is 0. The average molecular weight is 1250 g/mol. The first kappa shape index (κ1) is 103. The van der Waals surface area contributed by atoms with Gasteiger partial charge in [0.2, 0.25) is 0 Å². The molecule has 0 radical (unpaired) electrons. The van der Waals surface area contributed by atoms with Crippen LogP contribution in [0.15, 0.2) is 0 Å². The third-order valence-electron chi connectivity index (χ3n) is 8.40. The van der Waals surface area contributed by atoms with Gasteiger partial charge in [0.05, 0.1) is 11.3 Å². The number of hydrogen-bond donors (Lipinski definition) is 0. The fraction of sp³-hybridized carbons (Fsp3) is 1.00. The van der Waals surface area contributed by atoms with Crippen molar-refractivity contribution in [2.45, 2.75) is 368 Å². The zero-order valence-electron chi connectivity index (χ0n) is 62.8. The lowest BCUT2D eigenvalue weighted by Gasteiger charge is -2.29. The molecule has 0 aliphatic rings. The number of halogens is 18. The highest BCUT2D eigenvalue weighted by molar-refractivity contribution is 4.84. The maximum absolute atomic E-state index is 11.6. The molecule has 0 nitrogen and oxygen atoms in total. The summed E-state index contributed by atoms with van der Waals surface area (Å²) in [7, 11) is 0. The van der Waals surface area contributed by atoms with Gasteiger partial charge in [-0.05, 0) is 56.2 Å². The van der Waals surface area contributed by atoms with E-state index in [0.717, 1.165) is 58.8 Å². The van der Waals surface area contributed by atoms with E-state index in [1.54, 1.807) is 6.92 Å². The van der Waals surface area contributed by atoms with E-state index < -0.39 is 72.5 Å². The van der Waals surface area contributed by atoms with Gasteiger partial charge in [0.1, 0.15) is 0 Å². The maximum Gasteiger partial charge on any atom is 0.402 e. The molecule has 1 atom stereocenters. The van der Waals surface area contributed by atoms with Crippen LogP contribution in [0.3, 0.4) is 0 Å².